The van der Waals surface area contributed by atoms with Gasteiger partial charge in [-0.3, -0.25) is 4.99 Å². The zero-order valence-electron chi connectivity index (χ0n) is 17.5. The van der Waals surface area contributed by atoms with Crippen LogP contribution in [0.1, 0.15) is 52.9 Å². The summed E-state index contributed by atoms with van der Waals surface area (Å²) in [5.41, 5.74) is 0. The van der Waals surface area contributed by atoms with Crippen LogP contribution in [0.25, 0.3) is 0 Å². The van der Waals surface area contributed by atoms with Gasteiger partial charge in [0.25, 0.3) is 0 Å². The second-order valence-corrected chi connectivity index (χ2v) is 7.83. The van der Waals surface area contributed by atoms with E-state index < -0.39 is 0 Å². The molecule has 0 bridgehead atoms. The van der Waals surface area contributed by atoms with Crippen molar-refractivity contribution in [3.05, 3.63) is 0 Å². The maximum absolute atomic E-state index is 9.29. The normalized spacial score (nSPS) is 18.3. The number of guanidine groups is 1. The highest BCUT2D eigenvalue weighted by Crippen LogP contribution is 2.16. The minimum atomic E-state index is 0.248. The number of ether oxygens (including phenoxy) is 1. The van der Waals surface area contributed by atoms with Gasteiger partial charge in [-0.15, -0.1) is 0 Å². The summed E-state index contributed by atoms with van der Waals surface area (Å²) in [6.07, 6.45) is 5.37. The second-order valence-electron chi connectivity index (χ2n) is 7.83. The number of aliphatic hydroxyl groups excluding tert-OH is 1. The molecule has 1 saturated heterocycles. The van der Waals surface area contributed by atoms with Gasteiger partial charge in [-0.05, 0) is 50.9 Å². The van der Waals surface area contributed by atoms with Crippen molar-refractivity contribution >= 4 is 5.96 Å². The molecule has 1 rings (SSSR count). The van der Waals surface area contributed by atoms with Crippen molar-refractivity contribution in [1.82, 2.24) is 15.5 Å². The summed E-state index contributed by atoms with van der Waals surface area (Å²) in [5, 5.41) is 16.3. The molecule has 1 fully saturated rings. The molecule has 0 saturated carbocycles. The van der Waals surface area contributed by atoms with Gasteiger partial charge in [-0.25, -0.2) is 0 Å². The van der Waals surface area contributed by atoms with E-state index >= 15 is 0 Å². The lowest BCUT2D eigenvalue weighted by Gasteiger charge is -2.33. The zero-order valence-corrected chi connectivity index (χ0v) is 17.5. The fourth-order valence-electron chi connectivity index (χ4n) is 3.60. The molecule has 0 aromatic heterocycles. The lowest BCUT2D eigenvalue weighted by atomic mass is 9.94. The standard InChI is InChI=1S/C20H42N4O2/c1-5-21-20(22-16-18(9-13-25)15-17(2)3)23-19-7-11-24(12-8-19)10-6-14-26-4/h17-19,25H,5-16H2,1-4H3,(H2,21,22,23). The van der Waals surface area contributed by atoms with Gasteiger partial charge in [-0.2, -0.15) is 0 Å². The van der Waals surface area contributed by atoms with Crippen LogP contribution in [-0.2, 0) is 4.74 Å². The van der Waals surface area contributed by atoms with Gasteiger partial charge in [0.2, 0.25) is 0 Å². The van der Waals surface area contributed by atoms with Crippen molar-refractivity contribution in [1.29, 1.82) is 0 Å². The molecule has 6 nitrogen and oxygen atoms in total. The molecular formula is C20H42N4O2. The Morgan fingerprint density at radius 2 is 2.04 bits per heavy atom. The highest BCUT2D eigenvalue weighted by atomic mass is 16.5. The lowest BCUT2D eigenvalue weighted by molar-refractivity contribution is 0.155. The van der Waals surface area contributed by atoms with Crippen molar-refractivity contribution in [2.75, 3.05) is 53.0 Å². The number of hydrogen-bond donors (Lipinski definition) is 3. The van der Waals surface area contributed by atoms with Crippen LogP contribution in [0.3, 0.4) is 0 Å². The first-order chi connectivity index (χ1) is 12.6. The van der Waals surface area contributed by atoms with E-state index in [9.17, 15) is 5.11 Å². The number of aliphatic hydroxyl groups is 1. The number of nitrogens with zero attached hydrogens (tertiary/aromatic N) is 2. The average Bonchev–Trinajstić information content (AvgIpc) is 2.61. The van der Waals surface area contributed by atoms with Crippen LogP contribution in [-0.4, -0.2) is 75.1 Å². The Labute approximate surface area is 160 Å². The van der Waals surface area contributed by atoms with Crippen LogP contribution >= 0.6 is 0 Å². The predicted molar refractivity (Wildman–Crippen MR) is 110 cm³/mol. The molecule has 26 heavy (non-hydrogen) atoms. The SMILES string of the molecule is CCNC(=NCC(CCO)CC(C)C)NC1CCN(CCCOC)CC1. The largest absolute Gasteiger partial charge is 0.396 e. The molecule has 3 N–H and O–H groups in total. The highest BCUT2D eigenvalue weighted by Gasteiger charge is 2.20. The first-order valence-corrected chi connectivity index (χ1v) is 10.5. The number of methoxy groups -OCH3 is 1. The molecule has 1 heterocycles. The van der Waals surface area contributed by atoms with Crippen LogP contribution in [0.4, 0.5) is 0 Å². The molecule has 1 aliphatic rings. The van der Waals surface area contributed by atoms with Gasteiger partial charge in [0.1, 0.15) is 0 Å². The number of likely N-dealkylation sites (tertiary alicyclic amines) is 1. The van der Waals surface area contributed by atoms with Gasteiger partial charge >= 0.3 is 0 Å². The Bertz CT molecular complexity index is 369. The van der Waals surface area contributed by atoms with Crippen molar-refractivity contribution in [3.63, 3.8) is 0 Å². The quantitative estimate of drug-likeness (QED) is 0.279. The topological polar surface area (TPSA) is 69.1 Å². The third-order valence-corrected chi connectivity index (χ3v) is 4.95. The van der Waals surface area contributed by atoms with E-state index in [1.165, 1.54) is 0 Å². The predicted octanol–water partition coefficient (Wildman–Crippen LogP) is 2.09. The molecule has 154 valence electrons. The van der Waals surface area contributed by atoms with Gasteiger partial charge in [-0.1, -0.05) is 13.8 Å². The Kier molecular flexibility index (Phi) is 12.7. The first kappa shape index (κ1) is 23.2. The first-order valence-electron chi connectivity index (χ1n) is 10.5. The molecule has 0 aromatic rings. The van der Waals surface area contributed by atoms with E-state index in [2.05, 4.69) is 36.3 Å². The van der Waals surface area contributed by atoms with Crippen molar-refractivity contribution in [3.8, 4) is 0 Å². The van der Waals surface area contributed by atoms with E-state index in [-0.39, 0.29) is 6.61 Å². The van der Waals surface area contributed by atoms with Gasteiger partial charge in [0.15, 0.2) is 5.96 Å². The summed E-state index contributed by atoms with van der Waals surface area (Å²) in [5.74, 6) is 2.02. The maximum Gasteiger partial charge on any atom is 0.191 e. The van der Waals surface area contributed by atoms with E-state index in [1.807, 2.05) is 0 Å². The Balaban J connectivity index is 2.44. The maximum atomic E-state index is 9.29. The molecule has 6 heteroatoms. The van der Waals surface area contributed by atoms with Gasteiger partial charge in [0.05, 0.1) is 0 Å². The number of nitrogens with one attached hydrogen (secondary N) is 2. The zero-order chi connectivity index (χ0) is 19.2. The summed E-state index contributed by atoms with van der Waals surface area (Å²) >= 11 is 0. The van der Waals surface area contributed by atoms with Crippen LogP contribution < -0.4 is 10.6 Å². The molecule has 0 aliphatic carbocycles. The average molecular weight is 371 g/mol. The van der Waals surface area contributed by atoms with Gasteiger partial charge < -0.3 is 25.4 Å². The number of rotatable bonds is 12. The Hall–Kier alpha value is -0.850. The number of hydrogen-bond acceptors (Lipinski definition) is 4. The molecule has 1 atom stereocenters. The molecule has 1 unspecified atom stereocenters. The van der Waals surface area contributed by atoms with E-state index in [0.717, 1.165) is 77.4 Å². The summed E-state index contributed by atoms with van der Waals surface area (Å²) in [4.78, 5) is 7.34. The van der Waals surface area contributed by atoms with Crippen molar-refractivity contribution < 1.29 is 9.84 Å². The monoisotopic (exact) mass is 370 g/mol. The van der Waals surface area contributed by atoms with E-state index in [1.54, 1.807) is 7.11 Å². The minimum Gasteiger partial charge on any atom is -0.396 e. The minimum absolute atomic E-state index is 0.248. The second kappa shape index (κ2) is 14.2. The molecule has 0 spiro atoms. The van der Waals surface area contributed by atoms with Crippen LogP contribution in [0.2, 0.25) is 0 Å². The van der Waals surface area contributed by atoms with Crippen molar-refractivity contribution in [2.24, 2.45) is 16.8 Å². The molecule has 1 aliphatic heterocycles. The summed E-state index contributed by atoms with van der Waals surface area (Å²) < 4.78 is 5.14. The van der Waals surface area contributed by atoms with Crippen LogP contribution in [0, 0.1) is 11.8 Å². The van der Waals surface area contributed by atoms with Crippen LogP contribution in [0.5, 0.6) is 0 Å². The fourth-order valence-corrected chi connectivity index (χ4v) is 3.60. The smallest absolute Gasteiger partial charge is 0.191 e. The fraction of sp³-hybridized carbons (Fsp3) is 0.950. The van der Waals surface area contributed by atoms with Gasteiger partial charge in [0, 0.05) is 59.1 Å². The molecule has 0 amide bonds. The molecule has 0 radical (unpaired) electrons. The summed E-state index contributed by atoms with van der Waals surface area (Å²) in [6.45, 7) is 12.7. The third-order valence-electron chi connectivity index (χ3n) is 4.95. The van der Waals surface area contributed by atoms with Crippen molar-refractivity contribution in [2.45, 2.75) is 58.9 Å². The summed E-state index contributed by atoms with van der Waals surface area (Å²) in [6, 6.07) is 0.493. The molecule has 0 aromatic carbocycles. The number of aliphatic imine (C=N–C) groups is 1. The molecular weight excluding hydrogens is 328 g/mol. The summed E-state index contributed by atoms with van der Waals surface area (Å²) in [7, 11) is 1.77. The van der Waals surface area contributed by atoms with E-state index in [4.69, 9.17) is 9.73 Å². The Morgan fingerprint density at radius 1 is 1.31 bits per heavy atom. The number of piperidine rings is 1. The third kappa shape index (κ3) is 10.3. The lowest BCUT2D eigenvalue weighted by Crippen LogP contribution is -2.49. The Morgan fingerprint density at radius 3 is 2.62 bits per heavy atom. The van der Waals surface area contributed by atoms with E-state index in [0.29, 0.717) is 17.9 Å². The highest BCUT2D eigenvalue weighted by molar-refractivity contribution is 5.80. The van der Waals surface area contributed by atoms with Crippen LogP contribution in [0.15, 0.2) is 4.99 Å².